The Hall–Kier alpha value is -0.0800. The Morgan fingerprint density at radius 1 is 1.50 bits per heavy atom. The zero-order chi connectivity index (χ0) is 9.14. The molecule has 3 atom stereocenters. The van der Waals surface area contributed by atoms with Crippen LogP contribution in [-0.2, 0) is 0 Å². The molecule has 1 rings (SSSR count). The van der Waals surface area contributed by atoms with E-state index in [1.807, 2.05) is 0 Å². The van der Waals surface area contributed by atoms with Crippen molar-refractivity contribution in [2.45, 2.75) is 33.2 Å². The summed E-state index contributed by atoms with van der Waals surface area (Å²) in [6.07, 6.45) is 1.28. The van der Waals surface area contributed by atoms with Crippen LogP contribution in [0.2, 0.25) is 0 Å². The molecule has 2 heteroatoms. The van der Waals surface area contributed by atoms with Gasteiger partial charge in [-0.05, 0) is 11.8 Å². The molecule has 1 saturated heterocycles. The third kappa shape index (κ3) is 2.46. The fourth-order valence-corrected chi connectivity index (χ4v) is 1.81. The van der Waals surface area contributed by atoms with Crippen LogP contribution in [-0.4, -0.2) is 30.6 Å². The van der Waals surface area contributed by atoms with Crippen LogP contribution in [0.4, 0.5) is 0 Å². The highest BCUT2D eigenvalue weighted by molar-refractivity contribution is 4.84. The van der Waals surface area contributed by atoms with Crippen molar-refractivity contribution < 1.29 is 0 Å². The fraction of sp³-hybridized carbons (Fsp3) is 1.00. The molecule has 12 heavy (non-hydrogen) atoms. The largest absolute Gasteiger partial charge is 0.326 e. The monoisotopic (exact) mass is 170 g/mol. The lowest BCUT2D eigenvalue weighted by Gasteiger charge is -2.19. The first-order valence-corrected chi connectivity index (χ1v) is 5.11. The second kappa shape index (κ2) is 4.24. The topological polar surface area (TPSA) is 29.3 Å². The molecular formula is C10H22N2. The van der Waals surface area contributed by atoms with Crippen molar-refractivity contribution in [3.8, 4) is 0 Å². The molecule has 0 spiro atoms. The van der Waals surface area contributed by atoms with E-state index in [9.17, 15) is 0 Å². The lowest BCUT2D eigenvalue weighted by molar-refractivity contribution is 0.275. The maximum atomic E-state index is 5.94. The molecule has 1 fully saturated rings. The van der Waals surface area contributed by atoms with E-state index >= 15 is 0 Å². The average molecular weight is 170 g/mol. The lowest BCUT2D eigenvalue weighted by Crippen LogP contribution is -2.30. The predicted molar refractivity (Wildman–Crippen MR) is 53.0 cm³/mol. The van der Waals surface area contributed by atoms with Gasteiger partial charge in [0.2, 0.25) is 0 Å². The number of rotatable bonds is 3. The molecule has 0 radical (unpaired) electrons. The molecule has 1 heterocycles. The second-order valence-electron chi connectivity index (χ2n) is 4.37. The number of hydrogen-bond acceptors (Lipinski definition) is 2. The van der Waals surface area contributed by atoms with Gasteiger partial charge in [-0.3, -0.25) is 0 Å². The van der Waals surface area contributed by atoms with E-state index in [1.54, 1.807) is 0 Å². The summed E-state index contributed by atoms with van der Waals surface area (Å²) in [7, 11) is 0. The van der Waals surface area contributed by atoms with Crippen molar-refractivity contribution in [2.24, 2.45) is 17.6 Å². The van der Waals surface area contributed by atoms with Gasteiger partial charge in [0, 0.05) is 25.7 Å². The minimum Gasteiger partial charge on any atom is -0.326 e. The molecule has 3 unspecified atom stereocenters. The molecule has 1 aliphatic heterocycles. The summed E-state index contributed by atoms with van der Waals surface area (Å²) < 4.78 is 0. The summed E-state index contributed by atoms with van der Waals surface area (Å²) in [5.41, 5.74) is 5.94. The standard InChI is InChI=1S/C10H22N2/c1-4-8(2)5-12-6-9(3)10(11)7-12/h8-10H,4-7,11H2,1-3H3. The summed E-state index contributed by atoms with van der Waals surface area (Å²) in [5, 5.41) is 0. The van der Waals surface area contributed by atoms with Gasteiger partial charge in [0.15, 0.2) is 0 Å². The summed E-state index contributed by atoms with van der Waals surface area (Å²) >= 11 is 0. The Morgan fingerprint density at radius 2 is 2.17 bits per heavy atom. The van der Waals surface area contributed by atoms with Gasteiger partial charge >= 0.3 is 0 Å². The molecule has 1 aliphatic rings. The van der Waals surface area contributed by atoms with Gasteiger partial charge in [-0.15, -0.1) is 0 Å². The van der Waals surface area contributed by atoms with Crippen LogP contribution in [0, 0.1) is 11.8 Å². The lowest BCUT2D eigenvalue weighted by atomic mass is 10.1. The number of nitrogens with two attached hydrogens (primary N) is 1. The maximum Gasteiger partial charge on any atom is 0.0206 e. The molecule has 0 aromatic rings. The molecule has 0 saturated carbocycles. The molecule has 0 aromatic carbocycles. The highest BCUT2D eigenvalue weighted by Crippen LogP contribution is 2.16. The van der Waals surface area contributed by atoms with Crippen molar-refractivity contribution in [1.82, 2.24) is 4.90 Å². The van der Waals surface area contributed by atoms with Gasteiger partial charge in [-0.2, -0.15) is 0 Å². The van der Waals surface area contributed by atoms with Gasteiger partial charge in [-0.1, -0.05) is 27.2 Å². The summed E-state index contributed by atoms with van der Waals surface area (Å²) in [6, 6.07) is 0.411. The fourth-order valence-electron chi connectivity index (χ4n) is 1.81. The smallest absolute Gasteiger partial charge is 0.0206 e. The van der Waals surface area contributed by atoms with E-state index in [2.05, 4.69) is 25.7 Å². The zero-order valence-corrected chi connectivity index (χ0v) is 8.59. The van der Waals surface area contributed by atoms with Gasteiger partial charge in [-0.25, -0.2) is 0 Å². The highest BCUT2D eigenvalue weighted by atomic mass is 15.2. The van der Waals surface area contributed by atoms with E-state index in [0.717, 1.165) is 12.5 Å². The summed E-state index contributed by atoms with van der Waals surface area (Å²) in [5.74, 6) is 1.51. The second-order valence-corrected chi connectivity index (χ2v) is 4.37. The van der Waals surface area contributed by atoms with E-state index in [4.69, 9.17) is 5.73 Å². The van der Waals surface area contributed by atoms with Gasteiger partial charge in [0.05, 0.1) is 0 Å². The van der Waals surface area contributed by atoms with Gasteiger partial charge < -0.3 is 10.6 Å². The minimum atomic E-state index is 0.411. The van der Waals surface area contributed by atoms with E-state index in [1.165, 1.54) is 19.5 Å². The van der Waals surface area contributed by atoms with Crippen LogP contribution in [0.5, 0.6) is 0 Å². The van der Waals surface area contributed by atoms with Crippen LogP contribution < -0.4 is 5.73 Å². The highest BCUT2D eigenvalue weighted by Gasteiger charge is 2.26. The maximum absolute atomic E-state index is 5.94. The van der Waals surface area contributed by atoms with Gasteiger partial charge in [0.25, 0.3) is 0 Å². The third-order valence-corrected chi connectivity index (χ3v) is 3.01. The molecule has 0 aromatic heterocycles. The molecular weight excluding hydrogens is 148 g/mol. The average Bonchev–Trinajstić information content (AvgIpc) is 2.31. The normalized spacial score (nSPS) is 34.0. The van der Waals surface area contributed by atoms with Crippen LogP contribution in [0.3, 0.4) is 0 Å². The van der Waals surface area contributed by atoms with Crippen LogP contribution >= 0.6 is 0 Å². The summed E-state index contributed by atoms with van der Waals surface area (Å²) in [4.78, 5) is 2.50. The molecule has 72 valence electrons. The van der Waals surface area contributed by atoms with E-state index < -0.39 is 0 Å². The number of hydrogen-bond donors (Lipinski definition) is 1. The van der Waals surface area contributed by atoms with Crippen molar-refractivity contribution >= 4 is 0 Å². The Labute approximate surface area is 76.1 Å². The number of nitrogens with zero attached hydrogens (tertiary/aromatic N) is 1. The Kier molecular flexibility index (Phi) is 3.53. The van der Waals surface area contributed by atoms with Crippen LogP contribution in [0.1, 0.15) is 27.2 Å². The Balaban J connectivity index is 2.27. The van der Waals surface area contributed by atoms with Crippen molar-refractivity contribution in [3.05, 3.63) is 0 Å². The molecule has 0 bridgehead atoms. The SMILES string of the molecule is CCC(C)CN1CC(C)C(N)C1. The van der Waals surface area contributed by atoms with Gasteiger partial charge in [0.1, 0.15) is 0 Å². The molecule has 2 N–H and O–H groups in total. The zero-order valence-electron chi connectivity index (χ0n) is 8.59. The molecule has 0 amide bonds. The van der Waals surface area contributed by atoms with Crippen LogP contribution in [0.15, 0.2) is 0 Å². The third-order valence-electron chi connectivity index (χ3n) is 3.01. The number of likely N-dealkylation sites (tertiary alicyclic amines) is 1. The van der Waals surface area contributed by atoms with E-state index in [0.29, 0.717) is 12.0 Å². The predicted octanol–water partition coefficient (Wildman–Crippen LogP) is 1.31. The summed E-state index contributed by atoms with van der Waals surface area (Å²) in [6.45, 7) is 10.4. The first kappa shape index (κ1) is 10.0. The minimum absolute atomic E-state index is 0.411. The Morgan fingerprint density at radius 3 is 2.58 bits per heavy atom. The quantitative estimate of drug-likeness (QED) is 0.692. The molecule has 0 aliphatic carbocycles. The first-order valence-electron chi connectivity index (χ1n) is 5.11. The van der Waals surface area contributed by atoms with Crippen LogP contribution in [0.25, 0.3) is 0 Å². The Bertz CT molecular complexity index is 126. The van der Waals surface area contributed by atoms with Crippen molar-refractivity contribution in [3.63, 3.8) is 0 Å². The van der Waals surface area contributed by atoms with Crippen molar-refractivity contribution in [1.29, 1.82) is 0 Å². The molecule has 2 nitrogen and oxygen atoms in total. The van der Waals surface area contributed by atoms with E-state index in [-0.39, 0.29) is 0 Å². The first-order chi connectivity index (χ1) is 5.63. The van der Waals surface area contributed by atoms with Crippen molar-refractivity contribution in [2.75, 3.05) is 19.6 Å².